The smallest absolute Gasteiger partial charge is 0.306 e. The van der Waals surface area contributed by atoms with E-state index in [1.54, 1.807) is 0 Å². The summed E-state index contributed by atoms with van der Waals surface area (Å²) in [6.45, 7) is 6.34. The first-order valence-electron chi connectivity index (χ1n) is 33.5. The van der Waals surface area contributed by atoms with Crippen LogP contribution in [0.4, 0.5) is 0 Å². The van der Waals surface area contributed by atoms with E-state index >= 15 is 0 Å². The number of rotatable bonds is 59. The van der Waals surface area contributed by atoms with Gasteiger partial charge in [0.15, 0.2) is 6.10 Å². The molecular weight excluding hydrogens is 1010 g/mol. The molecule has 0 fully saturated rings. The zero-order valence-corrected chi connectivity index (χ0v) is 52.9. The van der Waals surface area contributed by atoms with Gasteiger partial charge in [-0.3, -0.25) is 14.4 Å². The second kappa shape index (κ2) is 68.5. The van der Waals surface area contributed by atoms with E-state index in [0.717, 1.165) is 161 Å². The summed E-state index contributed by atoms with van der Waals surface area (Å²) in [5.41, 5.74) is 0. The second-order valence-corrected chi connectivity index (χ2v) is 21.6. The summed E-state index contributed by atoms with van der Waals surface area (Å²) in [6.07, 6.45) is 100. The van der Waals surface area contributed by atoms with E-state index in [1.807, 2.05) is 0 Å². The first kappa shape index (κ1) is 77.0. The Kier molecular flexibility index (Phi) is 64.4. The van der Waals surface area contributed by atoms with Crippen LogP contribution < -0.4 is 0 Å². The van der Waals surface area contributed by atoms with E-state index in [4.69, 9.17) is 14.2 Å². The molecule has 0 spiro atoms. The lowest BCUT2D eigenvalue weighted by molar-refractivity contribution is -0.167. The summed E-state index contributed by atoms with van der Waals surface area (Å²) in [5, 5.41) is 0. The van der Waals surface area contributed by atoms with Gasteiger partial charge in [-0.25, -0.2) is 0 Å². The van der Waals surface area contributed by atoms with E-state index in [-0.39, 0.29) is 31.1 Å². The molecule has 0 amide bonds. The Labute approximate surface area is 505 Å². The molecular formula is C76H122O6. The van der Waals surface area contributed by atoms with Crippen LogP contribution in [0.3, 0.4) is 0 Å². The average molecular weight is 1130 g/mol. The van der Waals surface area contributed by atoms with Gasteiger partial charge in [0.25, 0.3) is 0 Å². The number of carbonyl (C=O) groups excluding carboxylic acids is 3. The highest BCUT2D eigenvalue weighted by Gasteiger charge is 2.19. The SMILES string of the molecule is CC/C=C\C/C=C\C/C=C\C/C=C\C/C=C\C/C=C\C/C=C\C/C=C\C/C=C\CCCCCCCC(=O)OCC(COC(=O)CCCCCCCC)OC(=O)CCCCCCCCCCCCCC/C=C\C/C=C\C/C=C\C/C=C\CC. The Morgan fingerprint density at radius 2 is 0.476 bits per heavy atom. The Morgan fingerprint density at radius 1 is 0.256 bits per heavy atom. The van der Waals surface area contributed by atoms with Gasteiger partial charge >= 0.3 is 17.9 Å². The Bertz CT molecular complexity index is 1830. The minimum absolute atomic E-state index is 0.0892. The molecule has 1 atom stereocenters. The number of hydrogen-bond donors (Lipinski definition) is 0. The Hall–Kier alpha value is -4.97. The van der Waals surface area contributed by atoms with Crippen molar-refractivity contribution in [2.45, 2.75) is 290 Å². The highest BCUT2D eigenvalue weighted by Crippen LogP contribution is 2.15. The average Bonchev–Trinajstić information content (AvgIpc) is 3.47. The first-order chi connectivity index (χ1) is 40.5. The number of hydrogen-bond acceptors (Lipinski definition) is 6. The van der Waals surface area contributed by atoms with Crippen molar-refractivity contribution >= 4 is 17.9 Å². The zero-order valence-electron chi connectivity index (χ0n) is 52.9. The van der Waals surface area contributed by atoms with Gasteiger partial charge in [-0.05, 0) is 128 Å². The van der Waals surface area contributed by atoms with E-state index < -0.39 is 6.10 Å². The Morgan fingerprint density at radius 3 is 0.744 bits per heavy atom. The number of carbonyl (C=O) groups is 3. The summed E-state index contributed by atoms with van der Waals surface area (Å²) in [4.78, 5) is 38.1. The topological polar surface area (TPSA) is 78.9 Å². The maximum Gasteiger partial charge on any atom is 0.306 e. The van der Waals surface area contributed by atoms with Crippen LogP contribution in [0.25, 0.3) is 0 Å². The van der Waals surface area contributed by atoms with Crippen LogP contribution in [0.1, 0.15) is 284 Å². The van der Waals surface area contributed by atoms with Crippen LogP contribution in [-0.2, 0) is 28.6 Å². The molecule has 6 heteroatoms. The van der Waals surface area contributed by atoms with Crippen molar-refractivity contribution in [1.82, 2.24) is 0 Å². The van der Waals surface area contributed by atoms with Crippen LogP contribution in [0, 0.1) is 0 Å². The van der Waals surface area contributed by atoms with Crippen molar-refractivity contribution in [3.63, 3.8) is 0 Å². The molecule has 0 saturated carbocycles. The van der Waals surface area contributed by atoms with Gasteiger partial charge in [0.2, 0.25) is 0 Å². The summed E-state index contributed by atoms with van der Waals surface area (Å²) in [6, 6.07) is 0. The van der Waals surface area contributed by atoms with Gasteiger partial charge < -0.3 is 14.2 Å². The first-order valence-corrected chi connectivity index (χ1v) is 33.5. The summed E-state index contributed by atoms with van der Waals surface area (Å²) >= 11 is 0. The van der Waals surface area contributed by atoms with E-state index in [2.05, 4.69) is 179 Å². The maximum absolute atomic E-state index is 12.9. The molecule has 0 heterocycles. The largest absolute Gasteiger partial charge is 0.462 e. The molecule has 6 nitrogen and oxygen atoms in total. The lowest BCUT2D eigenvalue weighted by atomic mass is 10.0. The van der Waals surface area contributed by atoms with Gasteiger partial charge in [-0.2, -0.15) is 0 Å². The van der Waals surface area contributed by atoms with Gasteiger partial charge in [0.1, 0.15) is 13.2 Å². The summed E-state index contributed by atoms with van der Waals surface area (Å²) in [5.74, 6) is -0.922. The molecule has 0 N–H and O–H groups in total. The van der Waals surface area contributed by atoms with Crippen LogP contribution in [0.15, 0.2) is 158 Å². The van der Waals surface area contributed by atoms with Crippen molar-refractivity contribution in [1.29, 1.82) is 0 Å². The van der Waals surface area contributed by atoms with Crippen LogP contribution >= 0.6 is 0 Å². The second-order valence-electron chi connectivity index (χ2n) is 21.6. The predicted octanol–water partition coefficient (Wildman–Crippen LogP) is 23.3. The number of unbranched alkanes of at least 4 members (excludes halogenated alkanes) is 22. The number of ether oxygens (including phenoxy) is 3. The lowest BCUT2D eigenvalue weighted by Gasteiger charge is -2.18. The molecule has 0 aromatic carbocycles. The highest BCUT2D eigenvalue weighted by molar-refractivity contribution is 5.71. The number of esters is 3. The monoisotopic (exact) mass is 1130 g/mol. The maximum atomic E-state index is 12.9. The van der Waals surface area contributed by atoms with Crippen molar-refractivity contribution in [3.05, 3.63) is 158 Å². The normalized spacial score (nSPS) is 13.2. The zero-order chi connectivity index (χ0) is 59.2. The highest BCUT2D eigenvalue weighted by atomic mass is 16.6. The Balaban J connectivity index is 4.16. The predicted molar refractivity (Wildman–Crippen MR) is 357 cm³/mol. The molecule has 0 aliphatic heterocycles. The molecule has 0 aromatic heterocycles. The van der Waals surface area contributed by atoms with E-state index in [9.17, 15) is 14.4 Å². The van der Waals surface area contributed by atoms with Crippen LogP contribution in [0.2, 0.25) is 0 Å². The van der Waals surface area contributed by atoms with Crippen molar-refractivity contribution < 1.29 is 28.6 Å². The van der Waals surface area contributed by atoms with Crippen molar-refractivity contribution in [3.8, 4) is 0 Å². The van der Waals surface area contributed by atoms with Crippen LogP contribution in [-0.4, -0.2) is 37.2 Å². The lowest BCUT2D eigenvalue weighted by Crippen LogP contribution is -2.30. The van der Waals surface area contributed by atoms with Gasteiger partial charge in [-0.1, -0.05) is 294 Å². The third kappa shape index (κ3) is 65.8. The van der Waals surface area contributed by atoms with Gasteiger partial charge in [-0.15, -0.1) is 0 Å². The van der Waals surface area contributed by atoms with E-state index in [1.165, 1.54) is 83.5 Å². The molecule has 0 radical (unpaired) electrons. The van der Waals surface area contributed by atoms with Crippen LogP contribution in [0.5, 0.6) is 0 Å². The molecule has 0 aromatic rings. The molecule has 0 bridgehead atoms. The molecule has 0 aliphatic rings. The molecule has 0 rings (SSSR count). The fourth-order valence-electron chi connectivity index (χ4n) is 8.84. The molecule has 0 saturated heterocycles. The minimum Gasteiger partial charge on any atom is -0.462 e. The molecule has 462 valence electrons. The van der Waals surface area contributed by atoms with Crippen molar-refractivity contribution in [2.24, 2.45) is 0 Å². The fourth-order valence-corrected chi connectivity index (χ4v) is 8.84. The summed E-state index contributed by atoms with van der Waals surface area (Å²) < 4.78 is 16.8. The quantitative estimate of drug-likeness (QED) is 0.0261. The minimum atomic E-state index is -0.791. The standard InChI is InChI=1S/C76H122O6/c1-4-7-10-13-16-18-20-22-24-26-28-30-32-34-35-36-37-38-39-40-41-43-44-46-48-50-52-54-56-58-60-63-66-69-75(78)81-72-73(71-80-74(77)68-65-62-15-12-9-6-3)82-76(79)70-67-64-61-59-57-55-53-51-49-47-45-42-33-31-29-27-25-23-21-19-17-14-11-8-5-2/h7-8,10-11,16-19,22-25,28-31,34-35,37-38,40-41,44,46,50,52,73H,4-6,9,12-15,20-21,26-27,32-33,36,39,42-43,45,47-49,51,53-72H2,1-3H3/b10-7-,11-8-,18-16-,19-17-,24-22-,25-23-,30-28-,31-29-,35-34-,38-37-,41-40-,46-44-,52-50-. The van der Waals surface area contributed by atoms with E-state index in [0.29, 0.717) is 19.3 Å². The molecule has 82 heavy (non-hydrogen) atoms. The third-order valence-electron chi connectivity index (χ3n) is 13.8. The van der Waals surface area contributed by atoms with Crippen molar-refractivity contribution in [2.75, 3.05) is 13.2 Å². The third-order valence-corrected chi connectivity index (χ3v) is 13.8. The summed E-state index contributed by atoms with van der Waals surface area (Å²) in [7, 11) is 0. The fraction of sp³-hybridized carbons (Fsp3) is 0.618. The number of allylic oxidation sites excluding steroid dienone is 26. The molecule has 1 unspecified atom stereocenters. The molecule has 0 aliphatic carbocycles. The van der Waals surface area contributed by atoms with Gasteiger partial charge in [0.05, 0.1) is 0 Å². The van der Waals surface area contributed by atoms with Gasteiger partial charge in [0, 0.05) is 19.3 Å².